The first-order valence-corrected chi connectivity index (χ1v) is 10.4. The molecule has 0 unspecified atom stereocenters. The van der Waals surface area contributed by atoms with Crippen LogP contribution >= 0.6 is 0 Å². The maximum atomic E-state index is 13.3. The summed E-state index contributed by atoms with van der Waals surface area (Å²) < 4.78 is 31.8. The van der Waals surface area contributed by atoms with Crippen LogP contribution in [0, 0.1) is 13.8 Å². The Morgan fingerprint density at radius 3 is 2.23 bits per heavy atom. The van der Waals surface area contributed by atoms with E-state index in [1.807, 2.05) is 44.0 Å². The normalized spacial score (nSPS) is 17.8. The number of hydrogen-bond acceptors (Lipinski definition) is 5. The van der Waals surface area contributed by atoms with Gasteiger partial charge in [0.2, 0.25) is 10.0 Å². The first kappa shape index (κ1) is 19.0. The molecule has 0 spiro atoms. The Kier molecular flexibility index (Phi) is 4.72. The first-order chi connectivity index (χ1) is 12.0. The number of hydrogen-bond donors (Lipinski definition) is 0. The minimum absolute atomic E-state index is 0.244. The van der Waals surface area contributed by atoms with E-state index in [0.29, 0.717) is 29.4 Å². The largest absolute Gasteiger partial charge is 0.320 e. The van der Waals surface area contributed by atoms with Crippen LogP contribution in [0.1, 0.15) is 56.7 Å². The van der Waals surface area contributed by atoms with E-state index in [4.69, 9.17) is 0 Å². The predicted molar refractivity (Wildman–Crippen MR) is 98.4 cm³/mol. The van der Waals surface area contributed by atoms with Crippen LogP contribution in [0.15, 0.2) is 11.2 Å². The predicted octanol–water partition coefficient (Wildman–Crippen LogP) is 1.95. The Morgan fingerprint density at radius 1 is 1.15 bits per heavy atom. The van der Waals surface area contributed by atoms with Gasteiger partial charge in [0, 0.05) is 26.1 Å². The molecule has 8 nitrogen and oxygen atoms in total. The summed E-state index contributed by atoms with van der Waals surface area (Å²) in [5.74, 6) is 1.17. The van der Waals surface area contributed by atoms with E-state index >= 15 is 0 Å². The second kappa shape index (κ2) is 6.45. The minimum Gasteiger partial charge on any atom is -0.320 e. The third-order valence-corrected chi connectivity index (χ3v) is 7.18. The van der Waals surface area contributed by atoms with Gasteiger partial charge in [0.05, 0.1) is 16.9 Å². The highest BCUT2D eigenvalue weighted by Crippen LogP contribution is 2.32. The lowest BCUT2D eigenvalue weighted by Crippen LogP contribution is -2.38. The van der Waals surface area contributed by atoms with E-state index in [0.717, 1.165) is 18.7 Å². The number of piperidine rings is 1. The smallest absolute Gasteiger partial charge is 0.246 e. The molecular formula is C17H28N6O2S. The third-order valence-electron chi connectivity index (χ3n) is 5.02. The second-order valence-corrected chi connectivity index (χ2v) is 9.94. The van der Waals surface area contributed by atoms with Crippen molar-refractivity contribution in [3.8, 4) is 0 Å². The lowest BCUT2D eigenvalue weighted by atomic mass is 9.97. The third kappa shape index (κ3) is 3.18. The molecule has 3 rings (SSSR count). The quantitative estimate of drug-likeness (QED) is 0.812. The summed E-state index contributed by atoms with van der Waals surface area (Å²) in [6.45, 7) is 10.7. The summed E-state index contributed by atoms with van der Waals surface area (Å²) in [5.41, 5.74) is 0.999. The van der Waals surface area contributed by atoms with Gasteiger partial charge in [0.15, 0.2) is 0 Å². The minimum atomic E-state index is -3.56. The van der Waals surface area contributed by atoms with E-state index in [1.54, 1.807) is 17.6 Å². The van der Waals surface area contributed by atoms with Crippen LogP contribution in [-0.2, 0) is 22.6 Å². The summed E-state index contributed by atoms with van der Waals surface area (Å²) in [7, 11) is -1.64. The Hall–Kier alpha value is -1.74. The zero-order valence-electron chi connectivity index (χ0n) is 16.4. The van der Waals surface area contributed by atoms with E-state index in [1.165, 1.54) is 0 Å². The molecule has 1 aliphatic rings. The van der Waals surface area contributed by atoms with Crippen molar-refractivity contribution in [2.24, 2.45) is 7.05 Å². The Morgan fingerprint density at radius 2 is 1.77 bits per heavy atom. The van der Waals surface area contributed by atoms with Gasteiger partial charge in [-0.1, -0.05) is 0 Å². The molecule has 0 aromatic carbocycles. The maximum Gasteiger partial charge on any atom is 0.246 e. The lowest BCUT2D eigenvalue weighted by Gasteiger charge is -2.30. The van der Waals surface area contributed by atoms with Crippen molar-refractivity contribution in [1.82, 2.24) is 28.9 Å². The molecule has 26 heavy (non-hydrogen) atoms. The molecule has 0 aliphatic carbocycles. The molecule has 2 aromatic rings. The van der Waals surface area contributed by atoms with Crippen molar-refractivity contribution < 1.29 is 8.42 Å². The summed E-state index contributed by atoms with van der Waals surface area (Å²) in [5, 5.41) is 12.6. The van der Waals surface area contributed by atoms with Gasteiger partial charge in [-0.25, -0.2) is 8.42 Å². The topological polar surface area (TPSA) is 85.9 Å². The van der Waals surface area contributed by atoms with Gasteiger partial charge in [-0.3, -0.25) is 4.68 Å². The maximum absolute atomic E-state index is 13.3. The van der Waals surface area contributed by atoms with E-state index in [9.17, 15) is 8.42 Å². The molecule has 1 fully saturated rings. The van der Waals surface area contributed by atoms with Crippen LogP contribution in [0.5, 0.6) is 0 Å². The number of aryl methyl sites for hydroxylation is 2. The van der Waals surface area contributed by atoms with Gasteiger partial charge >= 0.3 is 0 Å². The molecule has 144 valence electrons. The Labute approximate surface area is 155 Å². The van der Waals surface area contributed by atoms with Gasteiger partial charge < -0.3 is 4.57 Å². The fourth-order valence-corrected chi connectivity index (χ4v) is 5.62. The zero-order chi connectivity index (χ0) is 19.3. The number of aromatic nitrogens is 5. The van der Waals surface area contributed by atoms with Crippen LogP contribution in [-0.4, -0.2) is 50.4 Å². The fourth-order valence-electron chi connectivity index (χ4n) is 3.80. The summed E-state index contributed by atoms with van der Waals surface area (Å²) in [6.07, 6.45) is 3.18. The van der Waals surface area contributed by atoms with Gasteiger partial charge in [-0.2, -0.15) is 9.40 Å². The monoisotopic (exact) mass is 380 g/mol. The Bertz CT molecular complexity index is 898. The molecule has 0 radical (unpaired) electrons. The highest BCUT2D eigenvalue weighted by Gasteiger charge is 2.36. The molecule has 3 heterocycles. The number of nitrogens with zero attached hydrogens (tertiary/aromatic N) is 6. The molecule has 1 aliphatic heterocycles. The van der Waals surface area contributed by atoms with Crippen LogP contribution in [0.4, 0.5) is 0 Å². The van der Waals surface area contributed by atoms with Crippen molar-refractivity contribution >= 4 is 10.0 Å². The zero-order valence-corrected chi connectivity index (χ0v) is 17.2. The Balaban J connectivity index is 1.85. The van der Waals surface area contributed by atoms with E-state index in [-0.39, 0.29) is 11.5 Å². The lowest BCUT2D eigenvalue weighted by molar-refractivity contribution is 0.310. The number of rotatable bonds is 3. The van der Waals surface area contributed by atoms with Gasteiger partial charge in [0.25, 0.3) is 0 Å². The number of sulfonamides is 1. The van der Waals surface area contributed by atoms with Crippen LogP contribution in [0.3, 0.4) is 0 Å². The van der Waals surface area contributed by atoms with Crippen molar-refractivity contribution in [2.75, 3.05) is 13.1 Å². The fraction of sp³-hybridized carbons (Fsp3) is 0.706. The van der Waals surface area contributed by atoms with Crippen molar-refractivity contribution in [3.05, 3.63) is 23.5 Å². The molecule has 2 aromatic heterocycles. The van der Waals surface area contributed by atoms with Gasteiger partial charge in [0.1, 0.15) is 17.0 Å². The van der Waals surface area contributed by atoms with Crippen molar-refractivity contribution in [3.63, 3.8) is 0 Å². The average molecular weight is 381 g/mol. The highest BCUT2D eigenvalue weighted by atomic mass is 32.2. The average Bonchev–Trinajstić information content (AvgIpc) is 3.10. The van der Waals surface area contributed by atoms with Crippen LogP contribution < -0.4 is 0 Å². The van der Waals surface area contributed by atoms with Crippen LogP contribution in [0.25, 0.3) is 0 Å². The molecule has 9 heteroatoms. The van der Waals surface area contributed by atoms with Gasteiger partial charge in [-0.05, 0) is 47.5 Å². The van der Waals surface area contributed by atoms with Crippen molar-refractivity contribution in [1.29, 1.82) is 0 Å². The van der Waals surface area contributed by atoms with Gasteiger partial charge in [-0.15, -0.1) is 10.2 Å². The van der Waals surface area contributed by atoms with E-state index in [2.05, 4.69) is 15.3 Å². The second-order valence-electron chi connectivity index (χ2n) is 8.06. The van der Waals surface area contributed by atoms with Crippen LogP contribution in [0.2, 0.25) is 0 Å². The van der Waals surface area contributed by atoms with Crippen molar-refractivity contribution in [2.45, 2.75) is 63.8 Å². The van der Waals surface area contributed by atoms with E-state index < -0.39 is 10.0 Å². The summed E-state index contributed by atoms with van der Waals surface area (Å²) >= 11 is 0. The molecular weight excluding hydrogens is 352 g/mol. The first-order valence-electron chi connectivity index (χ1n) is 8.94. The molecule has 0 atom stereocenters. The molecule has 0 N–H and O–H groups in total. The summed E-state index contributed by atoms with van der Waals surface area (Å²) in [4.78, 5) is 0.351. The highest BCUT2D eigenvalue weighted by molar-refractivity contribution is 7.89. The molecule has 0 saturated carbocycles. The summed E-state index contributed by atoms with van der Waals surface area (Å²) in [6, 6.07) is 0. The standard InChI is InChI=1S/C17H28N6O2S/c1-12-15(13(2)23(20-12)17(3,4)5)26(24,25)22-9-7-14(8-10-22)16-19-18-11-21(16)6/h11,14H,7-10H2,1-6H3. The molecule has 0 amide bonds. The SMILES string of the molecule is Cc1nn(C(C)(C)C)c(C)c1S(=O)(=O)N1CCC(c2nncn2C)CC1. The molecule has 0 bridgehead atoms. The molecule has 1 saturated heterocycles.